The number of nitrogens with one attached hydrogen (secondary N) is 1. The van der Waals surface area contributed by atoms with Gasteiger partial charge in [0.05, 0.1) is 18.1 Å². The Bertz CT molecular complexity index is 548. The van der Waals surface area contributed by atoms with E-state index in [1.807, 2.05) is 0 Å². The third kappa shape index (κ3) is 2.79. The summed E-state index contributed by atoms with van der Waals surface area (Å²) < 4.78 is 13.0. The largest absolute Gasteiger partial charge is 0.319 e. The quantitative estimate of drug-likeness (QED) is 0.802. The first-order chi connectivity index (χ1) is 8.16. The van der Waals surface area contributed by atoms with Crippen LogP contribution in [-0.4, -0.2) is 15.9 Å². The molecule has 0 spiro atoms. The minimum absolute atomic E-state index is 0.127. The number of carbonyl (C=O) groups excluding carboxylic acids is 1. The lowest BCUT2D eigenvalue weighted by atomic mass is 10.2. The molecule has 1 heterocycles. The normalized spacial score (nSPS) is 10.0. The van der Waals surface area contributed by atoms with Gasteiger partial charge in [-0.05, 0) is 18.2 Å². The second-order valence-corrected chi connectivity index (χ2v) is 3.73. The number of benzene rings is 1. The summed E-state index contributed by atoms with van der Waals surface area (Å²) in [4.78, 5) is 19.4. The number of amides is 1. The minimum atomic E-state index is -0.465. The summed E-state index contributed by atoms with van der Waals surface area (Å²) in [6, 6.07) is 3.94. The van der Waals surface area contributed by atoms with Gasteiger partial charge in [0.1, 0.15) is 12.1 Å². The third-order valence-corrected chi connectivity index (χ3v) is 2.37. The Labute approximate surface area is 102 Å². The molecule has 2 rings (SSSR count). The van der Waals surface area contributed by atoms with Crippen LogP contribution in [-0.2, 0) is 0 Å². The van der Waals surface area contributed by atoms with E-state index in [-0.39, 0.29) is 10.8 Å². The molecule has 0 fully saturated rings. The van der Waals surface area contributed by atoms with Crippen LogP contribution in [0.1, 0.15) is 10.4 Å². The standard InChI is InChI=1S/C11H8FN3OS/c12-9-2-1-7(3-10(9)17)11(16)15-8-4-13-6-14-5-8/h1-6,17H,(H,15,16). The molecule has 1 N–H and O–H groups in total. The topological polar surface area (TPSA) is 54.9 Å². The predicted molar refractivity (Wildman–Crippen MR) is 63.6 cm³/mol. The van der Waals surface area contributed by atoms with Crippen molar-refractivity contribution < 1.29 is 9.18 Å². The molecule has 6 heteroatoms. The molecule has 0 saturated heterocycles. The number of carbonyl (C=O) groups is 1. The number of rotatable bonds is 2. The Hall–Kier alpha value is -1.95. The zero-order valence-electron chi connectivity index (χ0n) is 8.59. The van der Waals surface area contributed by atoms with Gasteiger partial charge in [0.25, 0.3) is 5.91 Å². The molecule has 86 valence electrons. The van der Waals surface area contributed by atoms with Crippen LogP contribution in [0.5, 0.6) is 0 Å². The molecule has 0 radical (unpaired) electrons. The van der Waals surface area contributed by atoms with Crippen LogP contribution in [0.3, 0.4) is 0 Å². The summed E-state index contributed by atoms with van der Waals surface area (Å²) in [5, 5.41) is 2.58. The highest BCUT2D eigenvalue weighted by molar-refractivity contribution is 7.80. The van der Waals surface area contributed by atoms with Crippen LogP contribution in [0.4, 0.5) is 10.1 Å². The van der Waals surface area contributed by atoms with Gasteiger partial charge in [-0.2, -0.15) is 0 Å². The molecular formula is C11H8FN3OS. The molecule has 0 aliphatic heterocycles. The summed E-state index contributed by atoms with van der Waals surface area (Å²) in [6.07, 6.45) is 4.30. The maximum atomic E-state index is 13.0. The van der Waals surface area contributed by atoms with E-state index in [1.165, 1.54) is 36.9 Å². The van der Waals surface area contributed by atoms with Crippen molar-refractivity contribution in [1.29, 1.82) is 0 Å². The van der Waals surface area contributed by atoms with Crippen LogP contribution in [0.25, 0.3) is 0 Å². The number of hydrogen-bond acceptors (Lipinski definition) is 4. The van der Waals surface area contributed by atoms with Crippen molar-refractivity contribution >= 4 is 24.2 Å². The van der Waals surface area contributed by atoms with Crippen molar-refractivity contribution in [2.24, 2.45) is 0 Å². The molecule has 0 saturated carbocycles. The van der Waals surface area contributed by atoms with E-state index in [0.717, 1.165) is 0 Å². The van der Waals surface area contributed by atoms with Gasteiger partial charge >= 0.3 is 0 Å². The lowest BCUT2D eigenvalue weighted by Gasteiger charge is -2.04. The van der Waals surface area contributed by atoms with Crippen molar-refractivity contribution in [3.8, 4) is 0 Å². The zero-order chi connectivity index (χ0) is 12.3. The second-order valence-electron chi connectivity index (χ2n) is 3.25. The lowest BCUT2D eigenvalue weighted by Crippen LogP contribution is -2.12. The Balaban J connectivity index is 2.18. The van der Waals surface area contributed by atoms with E-state index in [0.29, 0.717) is 11.3 Å². The highest BCUT2D eigenvalue weighted by atomic mass is 32.1. The molecule has 1 amide bonds. The summed E-state index contributed by atoms with van der Waals surface area (Å²) in [6.45, 7) is 0. The van der Waals surface area contributed by atoms with Crippen molar-refractivity contribution in [3.63, 3.8) is 0 Å². The van der Waals surface area contributed by atoms with Gasteiger partial charge in [0, 0.05) is 10.5 Å². The fourth-order valence-electron chi connectivity index (χ4n) is 1.22. The highest BCUT2D eigenvalue weighted by Crippen LogP contribution is 2.15. The Kier molecular flexibility index (Phi) is 3.34. The molecule has 4 nitrogen and oxygen atoms in total. The number of thiol groups is 1. The van der Waals surface area contributed by atoms with Crippen LogP contribution in [0.15, 0.2) is 41.8 Å². The number of anilines is 1. The van der Waals surface area contributed by atoms with Crippen LogP contribution < -0.4 is 5.32 Å². The summed E-state index contributed by atoms with van der Waals surface area (Å²) in [5.41, 5.74) is 0.794. The Morgan fingerprint density at radius 3 is 2.65 bits per heavy atom. The Morgan fingerprint density at radius 1 is 1.29 bits per heavy atom. The minimum Gasteiger partial charge on any atom is -0.319 e. The molecular weight excluding hydrogens is 241 g/mol. The number of halogens is 1. The molecule has 2 aromatic rings. The molecule has 0 aliphatic carbocycles. The lowest BCUT2D eigenvalue weighted by molar-refractivity contribution is 0.102. The second kappa shape index (κ2) is 4.92. The van der Waals surface area contributed by atoms with E-state index in [2.05, 4.69) is 27.9 Å². The molecule has 1 aromatic heterocycles. The highest BCUT2D eigenvalue weighted by Gasteiger charge is 2.08. The molecule has 17 heavy (non-hydrogen) atoms. The average molecular weight is 249 g/mol. The maximum absolute atomic E-state index is 13.0. The first kappa shape index (κ1) is 11.5. The first-order valence-corrected chi connectivity index (χ1v) is 5.16. The SMILES string of the molecule is O=C(Nc1cncnc1)c1ccc(F)c(S)c1. The van der Waals surface area contributed by atoms with Crippen LogP contribution in [0, 0.1) is 5.82 Å². The van der Waals surface area contributed by atoms with Crippen molar-refractivity contribution in [2.75, 3.05) is 5.32 Å². The predicted octanol–water partition coefficient (Wildman–Crippen LogP) is 2.16. The van der Waals surface area contributed by atoms with E-state index in [4.69, 9.17) is 0 Å². The van der Waals surface area contributed by atoms with Gasteiger partial charge in [-0.15, -0.1) is 12.6 Å². The van der Waals surface area contributed by atoms with Crippen molar-refractivity contribution in [3.05, 3.63) is 48.3 Å². The summed E-state index contributed by atoms with van der Waals surface area (Å²) in [7, 11) is 0. The van der Waals surface area contributed by atoms with Gasteiger partial charge in [-0.25, -0.2) is 14.4 Å². The number of hydrogen-bond donors (Lipinski definition) is 2. The molecule has 0 atom stereocenters. The van der Waals surface area contributed by atoms with E-state index in [9.17, 15) is 9.18 Å². The molecule has 1 aromatic carbocycles. The molecule has 0 aliphatic rings. The maximum Gasteiger partial charge on any atom is 0.255 e. The monoisotopic (exact) mass is 249 g/mol. The summed E-state index contributed by atoms with van der Waals surface area (Å²) in [5.74, 6) is -0.831. The summed E-state index contributed by atoms with van der Waals surface area (Å²) >= 11 is 3.91. The number of aromatic nitrogens is 2. The first-order valence-electron chi connectivity index (χ1n) is 4.71. The van der Waals surface area contributed by atoms with Gasteiger partial charge in [-0.1, -0.05) is 0 Å². The van der Waals surface area contributed by atoms with Gasteiger partial charge in [0.2, 0.25) is 0 Å². The third-order valence-electron chi connectivity index (χ3n) is 2.03. The van der Waals surface area contributed by atoms with E-state index < -0.39 is 5.82 Å². The smallest absolute Gasteiger partial charge is 0.255 e. The Morgan fingerprint density at radius 2 is 2.00 bits per heavy atom. The van der Waals surface area contributed by atoms with E-state index >= 15 is 0 Å². The number of nitrogens with zero attached hydrogens (tertiary/aromatic N) is 2. The van der Waals surface area contributed by atoms with Gasteiger partial charge in [-0.3, -0.25) is 4.79 Å². The average Bonchev–Trinajstić information content (AvgIpc) is 2.34. The molecule has 0 bridgehead atoms. The van der Waals surface area contributed by atoms with Crippen LogP contribution in [0.2, 0.25) is 0 Å². The van der Waals surface area contributed by atoms with Gasteiger partial charge < -0.3 is 5.32 Å². The van der Waals surface area contributed by atoms with Gasteiger partial charge in [0.15, 0.2) is 0 Å². The molecule has 0 unspecified atom stereocenters. The van der Waals surface area contributed by atoms with Crippen molar-refractivity contribution in [2.45, 2.75) is 4.90 Å². The van der Waals surface area contributed by atoms with E-state index in [1.54, 1.807) is 0 Å². The van der Waals surface area contributed by atoms with Crippen molar-refractivity contribution in [1.82, 2.24) is 9.97 Å². The van der Waals surface area contributed by atoms with Crippen LogP contribution >= 0.6 is 12.6 Å². The fourth-order valence-corrected chi connectivity index (χ4v) is 1.43. The zero-order valence-corrected chi connectivity index (χ0v) is 9.49. The fraction of sp³-hybridized carbons (Fsp3) is 0.